The summed E-state index contributed by atoms with van der Waals surface area (Å²) in [5.41, 5.74) is 2.40. The lowest BCUT2D eigenvalue weighted by Crippen LogP contribution is -2.25. The molecule has 5 nitrogen and oxygen atoms in total. The van der Waals surface area contributed by atoms with Crippen LogP contribution in [0.5, 0.6) is 0 Å². The molecule has 25 heavy (non-hydrogen) atoms. The minimum absolute atomic E-state index is 0.0728. The molecule has 1 aliphatic rings. The van der Waals surface area contributed by atoms with Gasteiger partial charge in [0.2, 0.25) is 0 Å². The van der Waals surface area contributed by atoms with Crippen molar-refractivity contribution in [3.05, 3.63) is 57.9 Å². The maximum Gasteiger partial charge on any atom is 0.343 e. The third-order valence-corrected chi connectivity index (χ3v) is 4.81. The number of ether oxygens (including phenoxy) is 1. The Kier molecular flexibility index (Phi) is 3.71. The minimum atomic E-state index is -0.576. The summed E-state index contributed by atoms with van der Waals surface area (Å²) in [5.74, 6) is 0.145. The lowest BCUT2D eigenvalue weighted by molar-refractivity contribution is 0.0523. The standard InChI is InChI=1S/C20H19NO4/c1-3-12-9-14-13-7-5-6-8-18(13)25-19(14)16-10-17(22)15(11-21(12)16)20(23)24-4-2/h5-8,10-12H,3-4,9H2,1-2H3. The maximum atomic E-state index is 12.5. The van der Waals surface area contributed by atoms with Crippen molar-refractivity contribution in [1.29, 1.82) is 0 Å². The number of nitrogens with zero attached hydrogens (tertiary/aromatic N) is 1. The highest BCUT2D eigenvalue weighted by atomic mass is 16.5. The number of hydrogen-bond donors (Lipinski definition) is 0. The minimum Gasteiger partial charge on any atom is -0.462 e. The van der Waals surface area contributed by atoms with Gasteiger partial charge in [-0.25, -0.2) is 4.79 Å². The second-order valence-corrected chi connectivity index (χ2v) is 6.24. The number of carbonyl (C=O) groups excluding carboxylic acids is 1. The van der Waals surface area contributed by atoms with Crippen molar-refractivity contribution < 1.29 is 13.9 Å². The SMILES string of the molecule is CCOC(=O)c1cn2c(cc1=O)-c1oc3ccccc3c1CC2CC. The Bertz CT molecular complexity index is 1030. The van der Waals surface area contributed by atoms with Crippen molar-refractivity contribution in [3.63, 3.8) is 0 Å². The second kappa shape index (κ2) is 5.92. The summed E-state index contributed by atoms with van der Waals surface area (Å²) < 4.78 is 13.0. The topological polar surface area (TPSA) is 61.4 Å². The second-order valence-electron chi connectivity index (χ2n) is 6.24. The summed E-state index contributed by atoms with van der Waals surface area (Å²) in [5, 5.41) is 1.09. The number of para-hydroxylation sites is 1. The highest BCUT2D eigenvalue weighted by molar-refractivity contribution is 5.91. The first-order chi connectivity index (χ1) is 12.1. The van der Waals surface area contributed by atoms with Gasteiger partial charge >= 0.3 is 5.97 Å². The molecule has 1 unspecified atom stereocenters. The van der Waals surface area contributed by atoms with Crippen LogP contribution in [0.1, 0.15) is 42.2 Å². The number of hydrogen-bond acceptors (Lipinski definition) is 4. The monoisotopic (exact) mass is 337 g/mol. The highest BCUT2D eigenvalue weighted by Gasteiger charge is 2.29. The first-order valence-corrected chi connectivity index (χ1v) is 8.58. The molecular weight excluding hydrogens is 318 g/mol. The van der Waals surface area contributed by atoms with Crippen molar-refractivity contribution >= 4 is 16.9 Å². The molecule has 5 heteroatoms. The van der Waals surface area contributed by atoms with E-state index in [2.05, 4.69) is 6.92 Å². The normalized spacial score (nSPS) is 15.7. The fourth-order valence-corrected chi connectivity index (χ4v) is 3.58. The fraction of sp³-hybridized carbons (Fsp3) is 0.300. The number of benzene rings is 1. The molecule has 3 aromatic rings. The van der Waals surface area contributed by atoms with E-state index in [1.54, 1.807) is 13.1 Å². The van der Waals surface area contributed by atoms with Crippen LogP contribution in [0.15, 0.2) is 45.7 Å². The van der Waals surface area contributed by atoms with E-state index < -0.39 is 5.97 Å². The van der Waals surface area contributed by atoms with Crippen LogP contribution in [-0.4, -0.2) is 17.1 Å². The Morgan fingerprint density at radius 1 is 1.32 bits per heavy atom. The van der Waals surface area contributed by atoms with Gasteiger partial charge in [-0.3, -0.25) is 4.79 Å². The summed E-state index contributed by atoms with van der Waals surface area (Å²) in [7, 11) is 0. The molecule has 3 heterocycles. The molecule has 0 saturated heterocycles. The summed E-state index contributed by atoms with van der Waals surface area (Å²) >= 11 is 0. The summed E-state index contributed by atoms with van der Waals surface area (Å²) in [6.45, 7) is 4.07. The van der Waals surface area contributed by atoms with Crippen LogP contribution in [0, 0.1) is 0 Å². The van der Waals surface area contributed by atoms with Crippen molar-refractivity contribution in [3.8, 4) is 11.5 Å². The molecule has 0 amide bonds. The molecule has 0 saturated carbocycles. The number of esters is 1. The van der Waals surface area contributed by atoms with Crippen LogP contribution < -0.4 is 5.43 Å². The van der Waals surface area contributed by atoms with E-state index in [0.717, 1.165) is 40.8 Å². The third kappa shape index (κ3) is 2.38. The molecule has 0 bridgehead atoms. The summed E-state index contributed by atoms with van der Waals surface area (Å²) in [4.78, 5) is 24.5. The van der Waals surface area contributed by atoms with Crippen LogP contribution in [-0.2, 0) is 11.2 Å². The quantitative estimate of drug-likeness (QED) is 0.679. The Morgan fingerprint density at radius 3 is 2.88 bits per heavy atom. The van der Waals surface area contributed by atoms with E-state index in [1.807, 2.05) is 28.8 Å². The van der Waals surface area contributed by atoms with Crippen molar-refractivity contribution in [2.75, 3.05) is 6.61 Å². The van der Waals surface area contributed by atoms with Crippen LogP contribution in [0.3, 0.4) is 0 Å². The van der Waals surface area contributed by atoms with Crippen LogP contribution in [0.25, 0.3) is 22.4 Å². The zero-order valence-corrected chi connectivity index (χ0v) is 14.2. The molecule has 4 rings (SSSR count). The molecule has 128 valence electrons. The average molecular weight is 337 g/mol. The number of fused-ring (bicyclic) bond motifs is 5. The Morgan fingerprint density at radius 2 is 2.12 bits per heavy atom. The first-order valence-electron chi connectivity index (χ1n) is 8.58. The van der Waals surface area contributed by atoms with Gasteiger partial charge in [-0.15, -0.1) is 0 Å². The van der Waals surface area contributed by atoms with Gasteiger partial charge < -0.3 is 13.7 Å². The zero-order valence-electron chi connectivity index (χ0n) is 14.2. The van der Waals surface area contributed by atoms with Crippen molar-refractivity contribution in [2.45, 2.75) is 32.7 Å². The average Bonchev–Trinajstić information content (AvgIpc) is 2.99. The molecule has 0 spiro atoms. The van der Waals surface area contributed by atoms with Gasteiger partial charge in [-0.2, -0.15) is 0 Å². The summed E-state index contributed by atoms with van der Waals surface area (Å²) in [6.07, 6.45) is 3.32. The van der Waals surface area contributed by atoms with Crippen LogP contribution >= 0.6 is 0 Å². The zero-order chi connectivity index (χ0) is 17.6. The number of carbonyl (C=O) groups is 1. The molecule has 0 fully saturated rings. The van der Waals surface area contributed by atoms with E-state index in [-0.39, 0.29) is 23.6 Å². The predicted octanol–water partition coefficient (Wildman–Crippen LogP) is 3.95. The van der Waals surface area contributed by atoms with E-state index in [9.17, 15) is 9.59 Å². The van der Waals surface area contributed by atoms with Gasteiger partial charge in [0.15, 0.2) is 11.2 Å². The van der Waals surface area contributed by atoms with Gasteiger partial charge in [-0.1, -0.05) is 25.1 Å². The molecule has 2 aromatic heterocycles. The summed E-state index contributed by atoms with van der Waals surface area (Å²) in [6, 6.07) is 9.57. The lowest BCUT2D eigenvalue weighted by Gasteiger charge is -2.27. The first kappa shape index (κ1) is 15.7. The Labute approximate surface area is 144 Å². The van der Waals surface area contributed by atoms with Gasteiger partial charge in [0, 0.05) is 29.3 Å². The van der Waals surface area contributed by atoms with Crippen LogP contribution in [0.2, 0.25) is 0 Å². The third-order valence-electron chi connectivity index (χ3n) is 4.81. The number of aromatic nitrogens is 1. The molecule has 1 aliphatic heterocycles. The lowest BCUT2D eigenvalue weighted by atomic mass is 9.94. The molecular formula is C20H19NO4. The molecule has 1 aromatic carbocycles. The van der Waals surface area contributed by atoms with E-state index in [0.29, 0.717) is 0 Å². The molecule has 0 radical (unpaired) electrons. The van der Waals surface area contributed by atoms with Crippen molar-refractivity contribution in [1.82, 2.24) is 4.57 Å². The fourth-order valence-electron chi connectivity index (χ4n) is 3.58. The van der Waals surface area contributed by atoms with E-state index >= 15 is 0 Å². The molecule has 0 N–H and O–H groups in total. The Balaban J connectivity index is 1.96. The maximum absolute atomic E-state index is 12.5. The van der Waals surface area contributed by atoms with E-state index in [1.165, 1.54) is 6.07 Å². The molecule has 1 atom stereocenters. The smallest absolute Gasteiger partial charge is 0.343 e. The molecule has 0 aliphatic carbocycles. The number of pyridine rings is 1. The van der Waals surface area contributed by atoms with Gasteiger partial charge in [-0.05, 0) is 25.8 Å². The van der Waals surface area contributed by atoms with E-state index in [4.69, 9.17) is 9.15 Å². The van der Waals surface area contributed by atoms with Crippen molar-refractivity contribution in [2.24, 2.45) is 0 Å². The number of furan rings is 1. The van der Waals surface area contributed by atoms with Crippen LogP contribution in [0.4, 0.5) is 0 Å². The highest BCUT2D eigenvalue weighted by Crippen LogP contribution is 2.41. The van der Waals surface area contributed by atoms with Gasteiger partial charge in [0.25, 0.3) is 0 Å². The van der Waals surface area contributed by atoms with Gasteiger partial charge in [0.1, 0.15) is 11.1 Å². The van der Waals surface area contributed by atoms with Gasteiger partial charge in [0.05, 0.1) is 12.3 Å². The number of rotatable bonds is 3. The predicted molar refractivity (Wildman–Crippen MR) is 94.9 cm³/mol. The largest absolute Gasteiger partial charge is 0.462 e. The Hall–Kier alpha value is -2.82.